The normalized spacial score (nSPS) is 10.6. The van der Waals surface area contributed by atoms with Gasteiger partial charge in [0.05, 0.1) is 22.3 Å². The van der Waals surface area contributed by atoms with E-state index >= 15 is 0 Å². The number of halogens is 1. The number of hydrogen-bond donors (Lipinski definition) is 0. The Balaban J connectivity index is 2.56. The molecule has 0 atom stereocenters. The second-order valence-corrected chi connectivity index (χ2v) is 4.28. The summed E-state index contributed by atoms with van der Waals surface area (Å²) < 4.78 is 7.56. The molecule has 0 aliphatic rings. The SMILES string of the molecule is CCOc1cc(Br)c2ncsc2c1. The molecule has 0 fully saturated rings. The maximum Gasteiger partial charge on any atom is 0.121 e. The number of fused-ring (bicyclic) bond motifs is 1. The van der Waals surface area contributed by atoms with E-state index in [9.17, 15) is 0 Å². The summed E-state index contributed by atoms with van der Waals surface area (Å²) in [6.45, 7) is 2.67. The molecule has 0 amide bonds. The monoisotopic (exact) mass is 257 g/mol. The van der Waals surface area contributed by atoms with E-state index in [2.05, 4.69) is 20.9 Å². The molecule has 1 aromatic heterocycles. The molecule has 4 heteroatoms. The third-order valence-corrected chi connectivity index (χ3v) is 3.05. The van der Waals surface area contributed by atoms with Crippen molar-refractivity contribution in [2.45, 2.75) is 6.92 Å². The number of thiazole rings is 1. The lowest BCUT2D eigenvalue weighted by Gasteiger charge is -2.02. The number of rotatable bonds is 2. The third-order valence-electron chi connectivity index (χ3n) is 1.67. The lowest BCUT2D eigenvalue weighted by atomic mass is 10.3. The Kier molecular flexibility index (Phi) is 2.51. The first kappa shape index (κ1) is 8.97. The van der Waals surface area contributed by atoms with Crippen LogP contribution in [0.2, 0.25) is 0 Å². The number of aromatic nitrogens is 1. The zero-order valence-corrected chi connectivity index (χ0v) is 9.48. The van der Waals surface area contributed by atoms with E-state index in [1.54, 1.807) is 11.3 Å². The van der Waals surface area contributed by atoms with Crippen LogP contribution in [0, 0.1) is 0 Å². The smallest absolute Gasteiger partial charge is 0.121 e. The number of ether oxygens (including phenoxy) is 1. The molecule has 13 heavy (non-hydrogen) atoms. The largest absolute Gasteiger partial charge is 0.494 e. The fourth-order valence-corrected chi connectivity index (χ4v) is 2.55. The molecule has 0 saturated heterocycles. The first-order valence-corrected chi connectivity index (χ1v) is 5.64. The van der Waals surface area contributed by atoms with Crippen molar-refractivity contribution in [1.82, 2.24) is 4.98 Å². The zero-order valence-electron chi connectivity index (χ0n) is 7.08. The summed E-state index contributed by atoms with van der Waals surface area (Å²) in [7, 11) is 0. The van der Waals surface area contributed by atoms with Gasteiger partial charge in [0, 0.05) is 4.47 Å². The third kappa shape index (κ3) is 1.69. The van der Waals surface area contributed by atoms with Crippen molar-refractivity contribution < 1.29 is 4.74 Å². The van der Waals surface area contributed by atoms with Gasteiger partial charge in [-0.1, -0.05) is 0 Å². The molecule has 0 N–H and O–H groups in total. The van der Waals surface area contributed by atoms with Gasteiger partial charge in [-0.05, 0) is 35.0 Å². The minimum atomic E-state index is 0.691. The Morgan fingerprint density at radius 2 is 2.38 bits per heavy atom. The van der Waals surface area contributed by atoms with Gasteiger partial charge in [0.15, 0.2) is 0 Å². The summed E-state index contributed by atoms with van der Waals surface area (Å²) in [5, 5.41) is 0. The molecule has 0 aliphatic carbocycles. The number of hydrogen-bond acceptors (Lipinski definition) is 3. The highest BCUT2D eigenvalue weighted by Crippen LogP contribution is 2.30. The molecule has 0 bridgehead atoms. The van der Waals surface area contributed by atoms with Crippen molar-refractivity contribution in [3.8, 4) is 5.75 Å². The lowest BCUT2D eigenvalue weighted by Crippen LogP contribution is -1.90. The quantitative estimate of drug-likeness (QED) is 0.822. The molecule has 1 heterocycles. The highest BCUT2D eigenvalue weighted by atomic mass is 79.9. The molecule has 1 aromatic carbocycles. The summed E-state index contributed by atoms with van der Waals surface area (Å²) in [4.78, 5) is 4.24. The topological polar surface area (TPSA) is 22.1 Å². The summed E-state index contributed by atoms with van der Waals surface area (Å²) in [5.74, 6) is 0.895. The molecule has 0 aliphatic heterocycles. The predicted octanol–water partition coefficient (Wildman–Crippen LogP) is 3.46. The Morgan fingerprint density at radius 3 is 3.15 bits per heavy atom. The van der Waals surface area contributed by atoms with Gasteiger partial charge in [-0.15, -0.1) is 11.3 Å². The summed E-state index contributed by atoms with van der Waals surface area (Å²) >= 11 is 5.08. The van der Waals surface area contributed by atoms with Gasteiger partial charge >= 0.3 is 0 Å². The molecule has 2 aromatic rings. The van der Waals surface area contributed by atoms with E-state index in [-0.39, 0.29) is 0 Å². The van der Waals surface area contributed by atoms with Crippen molar-refractivity contribution in [2.24, 2.45) is 0 Å². The van der Waals surface area contributed by atoms with Gasteiger partial charge in [0.2, 0.25) is 0 Å². The second-order valence-electron chi connectivity index (χ2n) is 2.54. The van der Waals surface area contributed by atoms with E-state index in [4.69, 9.17) is 4.74 Å². The molecule has 0 saturated carbocycles. The van der Waals surface area contributed by atoms with E-state index < -0.39 is 0 Å². The highest BCUT2D eigenvalue weighted by Gasteiger charge is 2.04. The van der Waals surface area contributed by atoms with E-state index in [1.807, 2.05) is 24.6 Å². The standard InChI is InChI=1S/C9H8BrNOS/c1-2-12-6-3-7(10)9-8(4-6)13-5-11-9/h3-5H,2H2,1H3. The lowest BCUT2D eigenvalue weighted by molar-refractivity contribution is 0.340. The molecule has 2 rings (SSSR count). The number of benzene rings is 1. The first-order valence-electron chi connectivity index (χ1n) is 3.97. The summed E-state index contributed by atoms with van der Waals surface area (Å²) in [6.07, 6.45) is 0. The van der Waals surface area contributed by atoms with Gasteiger partial charge < -0.3 is 4.74 Å². The van der Waals surface area contributed by atoms with Crippen LogP contribution >= 0.6 is 27.3 Å². The van der Waals surface area contributed by atoms with Gasteiger partial charge in [-0.25, -0.2) is 4.98 Å². The van der Waals surface area contributed by atoms with Crippen LogP contribution in [0.15, 0.2) is 22.1 Å². The molecular formula is C9H8BrNOS. The maximum absolute atomic E-state index is 5.41. The molecule has 2 nitrogen and oxygen atoms in total. The van der Waals surface area contributed by atoms with Crippen LogP contribution in [0.3, 0.4) is 0 Å². The van der Waals surface area contributed by atoms with Crippen molar-refractivity contribution in [1.29, 1.82) is 0 Å². The fourth-order valence-electron chi connectivity index (χ4n) is 1.15. The van der Waals surface area contributed by atoms with Gasteiger partial charge in [0.1, 0.15) is 5.75 Å². The van der Waals surface area contributed by atoms with Crippen molar-refractivity contribution >= 4 is 37.5 Å². The minimum Gasteiger partial charge on any atom is -0.494 e. The fraction of sp³-hybridized carbons (Fsp3) is 0.222. The molecule has 0 radical (unpaired) electrons. The average molecular weight is 258 g/mol. The van der Waals surface area contributed by atoms with Crippen molar-refractivity contribution in [3.63, 3.8) is 0 Å². The number of nitrogens with zero attached hydrogens (tertiary/aromatic N) is 1. The van der Waals surface area contributed by atoms with Crippen LogP contribution in [-0.2, 0) is 0 Å². The van der Waals surface area contributed by atoms with Gasteiger partial charge in [0.25, 0.3) is 0 Å². The maximum atomic E-state index is 5.41. The average Bonchev–Trinajstić information content (AvgIpc) is 2.53. The van der Waals surface area contributed by atoms with Crippen LogP contribution in [0.5, 0.6) is 5.75 Å². The van der Waals surface area contributed by atoms with Crippen LogP contribution < -0.4 is 4.74 Å². The summed E-state index contributed by atoms with van der Waals surface area (Å²) in [5.41, 5.74) is 2.85. The van der Waals surface area contributed by atoms with Crippen LogP contribution in [0.1, 0.15) is 6.92 Å². The Bertz CT molecular complexity index is 426. The van der Waals surface area contributed by atoms with Gasteiger partial charge in [-0.2, -0.15) is 0 Å². The first-order chi connectivity index (χ1) is 6.31. The predicted molar refractivity (Wildman–Crippen MR) is 58.5 cm³/mol. The zero-order chi connectivity index (χ0) is 9.26. The van der Waals surface area contributed by atoms with E-state index in [0.29, 0.717) is 6.61 Å². The van der Waals surface area contributed by atoms with E-state index in [0.717, 1.165) is 20.4 Å². The van der Waals surface area contributed by atoms with Crippen LogP contribution in [0.4, 0.5) is 0 Å². The van der Waals surface area contributed by atoms with Crippen LogP contribution in [0.25, 0.3) is 10.2 Å². The van der Waals surface area contributed by atoms with Gasteiger partial charge in [-0.3, -0.25) is 0 Å². The Morgan fingerprint density at radius 1 is 1.54 bits per heavy atom. The van der Waals surface area contributed by atoms with Crippen molar-refractivity contribution in [3.05, 3.63) is 22.1 Å². The minimum absolute atomic E-state index is 0.691. The highest BCUT2D eigenvalue weighted by molar-refractivity contribution is 9.10. The molecular weight excluding hydrogens is 250 g/mol. The Hall–Kier alpha value is -0.610. The molecule has 0 spiro atoms. The Labute approximate surface area is 88.7 Å². The second kappa shape index (κ2) is 3.64. The summed E-state index contributed by atoms with van der Waals surface area (Å²) in [6, 6.07) is 3.97. The van der Waals surface area contributed by atoms with Crippen molar-refractivity contribution in [2.75, 3.05) is 6.61 Å². The van der Waals surface area contributed by atoms with E-state index in [1.165, 1.54) is 0 Å². The van der Waals surface area contributed by atoms with Crippen LogP contribution in [-0.4, -0.2) is 11.6 Å². The molecule has 68 valence electrons. The molecule has 0 unspecified atom stereocenters.